The molecule has 2 N–H and O–H groups in total. The molecule has 15 heavy (non-hydrogen) atoms. The van der Waals surface area contributed by atoms with Gasteiger partial charge in [-0.25, -0.2) is 0 Å². The molecule has 0 aromatic heterocycles. The van der Waals surface area contributed by atoms with Crippen molar-refractivity contribution in [3.05, 3.63) is 29.3 Å². The van der Waals surface area contributed by atoms with Crippen LogP contribution in [0.5, 0.6) is 5.75 Å². The van der Waals surface area contributed by atoms with E-state index in [2.05, 4.69) is 12.2 Å². The van der Waals surface area contributed by atoms with E-state index in [1.807, 2.05) is 19.1 Å². The van der Waals surface area contributed by atoms with Crippen LogP contribution in [0.15, 0.2) is 18.2 Å². The van der Waals surface area contributed by atoms with Crippen molar-refractivity contribution >= 4 is 0 Å². The summed E-state index contributed by atoms with van der Waals surface area (Å²) in [6.45, 7) is 5.41. The van der Waals surface area contributed by atoms with Crippen molar-refractivity contribution in [2.24, 2.45) is 0 Å². The molecule has 1 rings (SSSR count). The van der Waals surface area contributed by atoms with Gasteiger partial charge in [0.2, 0.25) is 0 Å². The lowest BCUT2D eigenvalue weighted by Crippen LogP contribution is -2.29. The molecule has 0 unspecified atom stereocenters. The first kappa shape index (κ1) is 12.0. The summed E-state index contributed by atoms with van der Waals surface area (Å²) in [6, 6.07) is 5.90. The fourth-order valence-electron chi connectivity index (χ4n) is 1.45. The molecule has 0 aliphatic rings. The molecule has 0 bridgehead atoms. The number of hydrogen-bond donors (Lipinski definition) is 2. The van der Waals surface area contributed by atoms with Crippen molar-refractivity contribution in [1.82, 2.24) is 5.32 Å². The number of methoxy groups -OCH3 is 1. The minimum absolute atomic E-state index is 0.287. The summed E-state index contributed by atoms with van der Waals surface area (Å²) in [5, 5.41) is 12.9. The highest BCUT2D eigenvalue weighted by molar-refractivity contribution is 5.35. The normalized spacial score (nSPS) is 12.7. The molecule has 0 amide bonds. The zero-order valence-electron chi connectivity index (χ0n) is 9.58. The van der Waals surface area contributed by atoms with Gasteiger partial charge in [0, 0.05) is 25.3 Å². The third kappa shape index (κ3) is 3.90. The fourth-order valence-corrected chi connectivity index (χ4v) is 1.45. The zero-order chi connectivity index (χ0) is 11.3. The van der Waals surface area contributed by atoms with Crippen LogP contribution in [0.3, 0.4) is 0 Å². The summed E-state index contributed by atoms with van der Waals surface area (Å²) >= 11 is 0. The second kappa shape index (κ2) is 5.73. The van der Waals surface area contributed by atoms with E-state index in [1.165, 1.54) is 0 Å². The number of phenols is 1. The van der Waals surface area contributed by atoms with Gasteiger partial charge in [0.1, 0.15) is 5.75 Å². The van der Waals surface area contributed by atoms with Gasteiger partial charge in [-0.1, -0.05) is 17.7 Å². The molecule has 0 fully saturated rings. The highest BCUT2D eigenvalue weighted by atomic mass is 16.5. The molecular formula is C12H19NO2. The Balaban J connectivity index is 2.53. The number of phenolic OH excluding ortho intramolecular Hbond substituents is 1. The highest BCUT2D eigenvalue weighted by Gasteiger charge is 2.04. The Labute approximate surface area is 91.1 Å². The van der Waals surface area contributed by atoms with E-state index < -0.39 is 0 Å². The van der Waals surface area contributed by atoms with Gasteiger partial charge >= 0.3 is 0 Å². The van der Waals surface area contributed by atoms with Gasteiger partial charge in [0.25, 0.3) is 0 Å². The van der Waals surface area contributed by atoms with E-state index in [9.17, 15) is 5.11 Å². The van der Waals surface area contributed by atoms with Gasteiger partial charge in [0.05, 0.1) is 6.61 Å². The Kier molecular flexibility index (Phi) is 4.59. The van der Waals surface area contributed by atoms with Crippen LogP contribution in [0, 0.1) is 6.92 Å². The van der Waals surface area contributed by atoms with Gasteiger partial charge in [-0.15, -0.1) is 0 Å². The smallest absolute Gasteiger partial charge is 0.120 e. The summed E-state index contributed by atoms with van der Waals surface area (Å²) in [5.74, 6) is 0.345. The lowest BCUT2D eigenvalue weighted by Gasteiger charge is -2.13. The molecule has 0 radical (unpaired) electrons. The predicted octanol–water partition coefficient (Wildman–Crippen LogP) is 1.83. The Morgan fingerprint density at radius 2 is 2.20 bits per heavy atom. The second-order valence-corrected chi connectivity index (χ2v) is 3.87. The topological polar surface area (TPSA) is 41.5 Å². The molecule has 3 heteroatoms. The first-order chi connectivity index (χ1) is 7.13. The Morgan fingerprint density at radius 3 is 2.87 bits per heavy atom. The number of benzene rings is 1. The largest absolute Gasteiger partial charge is 0.508 e. The summed E-state index contributed by atoms with van der Waals surface area (Å²) in [4.78, 5) is 0. The number of aryl methyl sites for hydroxylation is 1. The molecule has 0 aliphatic carbocycles. The van der Waals surface area contributed by atoms with Gasteiger partial charge in [0.15, 0.2) is 0 Å². The van der Waals surface area contributed by atoms with Crippen LogP contribution in [0.1, 0.15) is 18.1 Å². The van der Waals surface area contributed by atoms with E-state index in [0.29, 0.717) is 18.9 Å². The van der Waals surface area contributed by atoms with E-state index in [4.69, 9.17) is 4.74 Å². The standard InChI is InChI=1S/C12H19NO2/c1-9-4-5-12(14)11(6-9)7-13-10(2)8-15-3/h4-6,10,13-14H,7-8H2,1-3H3/t10-/m0/s1. The summed E-state index contributed by atoms with van der Waals surface area (Å²) in [5.41, 5.74) is 2.09. The van der Waals surface area contributed by atoms with Crippen LogP contribution < -0.4 is 5.32 Å². The van der Waals surface area contributed by atoms with Crippen molar-refractivity contribution in [2.45, 2.75) is 26.4 Å². The third-order valence-electron chi connectivity index (χ3n) is 2.29. The predicted molar refractivity (Wildman–Crippen MR) is 61.0 cm³/mol. The first-order valence-electron chi connectivity index (χ1n) is 5.14. The molecular weight excluding hydrogens is 190 g/mol. The molecule has 0 heterocycles. The molecule has 3 nitrogen and oxygen atoms in total. The average molecular weight is 209 g/mol. The highest BCUT2D eigenvalue weighted by Crippen LogP contribution is 2.17. The van der Waals surface area contributed by atoms with Gasteiger partial charge in [-0.3, -0.25) is 0 Å². The molecule has 0 saturated carbocycles. The van der Waals surface area contributed by atoms with Gasteiger partial charge in [-0.05, 0) is 19.9 Å². The maximum atomic E-state index is 9.61. The number of ether oxygens (including phenoxy) is 1. The van der Waals surface area contributed by atoms with E-state index >= 15 is 0 Å². The van der Waals surface area contributed by atoms with Gasteiger partial charge in [-0.2, -0.15) is 0 Å². The van der Waals surface area contributed by atoms with Crippen molar-refractivity contribution < 1.29 is 9.84 Å². The van der Waals surface area contributed by atoms with Gasteiger partial charge < -0.3 is 15.2 Å². The minimum atomic E-state index is 0.287. The van der Waals surface area contributed by atoms with Crippen LogP contribution in [-0.2, 0) is 11.3 Å². The fraction of sp³-hybridized carbons (Fsp3) is 0.500. The molecule has 1 aromatic carbocycles. The molecule has 1 atom stereocenters. The molecule has 0 spiro atoms. The van der Waals surface area contributed by atoms with Crippen LogP contribution in [0.4, 0.5) is 0 Å². The molecule has 0 aliphatic heterocycles. The number of rotatable bonds is 5. The zero-order valence-corrected chi connectivity index (χ0v) is 9.58. The first-order valence-corrected chi connectivity index (χ1v) is 5.14. The number of hydrogen-bond acceptors (Lipinski definition) is 3. The minimum Gasteiger partial charge on any atom is -0.508 e. The summed E-state index contributed by atoms with van der Waals surface area (Å²) in [6.07, 6.45) is 0. The quantitative estimate of drug-likeness (QED) is 0.777. The Hall–Kier alpha value is -1.06. The molecule has 84 valence electrons. The van der Waals surface area contributed by atoms with Crippen LogP contribution in [0.25, 0.3) is 0 Å². The number of aromatic hydroxyl groups is 1. The third-order valence-corrected chi connectivity index (χ3v) is 2.29. The monoisotopic (exact) mass is 209 g/mol. The maximum absolute atomic E-state index is 9.61. The second-order valence-electron chi connectivity index (χ2n) is 3.87. The van der Waals surface area contributed by atoms with Crippen molar-refractivity contribution in [3.63, 3.8) is 0 Å². The summed E-state index contributed by atoms with van der Waals surface area (Å²) in [7, 11) is 1.68. The van der Waals surface area contributed by atoms with Crippen molar-refractivity contribution in [1.29, 1.82) is 0 Å². The van der Waals surface area contributed by atoms with Crippen LogP contribution in [-0.4, -0.2) is 24.9 Å². The number of nitrogens with one attached hydrogen (secondary N) is 1. The van der Waals surface area contributed by atoms with E-state index in [0.717, 1.165) is 11.1 Å². The van der Waals surface area contributed by atoms with Crippen LogP contribution in [0.2, 0.25) is 0 Å². The van der Waals surface area contributed by atoms with E-state index in [-0.39, 0.29) is 6.04 Å². The van der Waals surface area contributed by atoms with Crippen molar-refractivity contribution in [3.8, 4) is 5.75 Å². The van der Waals surface area contributed by atoms with Crippen LogP contribution >= 0.6 is 0 Å². The molecule has 0 saturated heterocycles. The van der Waals surface area contributed by atoms with Crippen molar-refractivity contribution in [2.75, 3.05) is 13.7 Å². The van der Waals surface area contributed by atoms with E-state index in [1.54, 1.807) is 13.2 Å². The summed E-state index contributed by atoms with van der Waals surface area (Å²) < 4.78 is 5.02. The lowest BCUT2D eigenvalue weighted by atomic mass is 10.1. The average Bonchev–Trinajstić information content (AvgIpc) is 2.20. The maximum Gasteiger partial charge on any atom is 0.120 e. The lowest BCUT2D eigenvalue weighted by molar-refractivity contribution is 0.171. The Bertz CT molecular complexity index is 312. The Morgan fingerprint density at radius 1 is 1.47 bits per heavy atom. The SMILES string of the molecule is COC[C@H](C)NCc1cc(C)ccc1O. The molecule has 1 aromatic rings.